The Kier molecular flexibility index (Phi) is 3.19. The fourth-order valence-corrected chi connectivity index (χ4v) is 2.79. The second-order valence-electron chi connectivity index (χ2n) is 4.18. The first-order valence-electron chi connectivity index (χ1n) is 5.30. The van der Waals surface area contributed by atoms with Gasteiger partial charge < -0.3 is 4.74 Å². The van der Waals surface area contributed by atoms with Crippen LogP contribution in [0.2, 0.25) is 0 Å². The van der Waals surface area contributed by atoms with Gasteiger partial charge in [-0.05, 0) is 18.8 Å². The van der Waals surface area contributed by atoms with Gasteiger partial charge in [-0.3, -0.25) is 0 Å². The lowest BCUT2D eigenvalue weighted by Gasteiger charge is -2.19. The third-order valence-electron chi connectivity index (χ3n) is 2.64. The molecule has 1 atom stereocenters. The molecule has 0 aromatic carbocycles. The van der Waals surface area contributed by atoms with Crippen molar-refractivity contribution >= 4 is 11.3 Å². The van der Waals surface area contributed by atoms with Crippen LogP contribution in [0.3, 0.4) is 0 Å². The van der Waals surface area contributed by atoms with Gasteiger partial charge in [0.2, 0.25) is 0 Å². The second kappa shape index (κ2) is 4.41. The Labute approximate surface area is 89.3 Å². The lowest BCUT2D eigenvalue weighted by Crippen LogP contribution is -2.15. The Morgan fingerprint density at radius 2 is 2.43 bits per heavy atom. The van der Waals surface area contributed by atoms with Gasteiger partial charge in [-0.15, -0.1) is 11.3 Å². The Bertz CT molecular complexity index is 289. The molecule has 0 amide bonds. The zero-order valence-electron chi connectivity index (χ0n) is 8.82. The normalized spacial score (nSPS) is 22.9. The van der Waals surface area contributed by atoms with E-state index in [4.69, 9.17) is 4.74 Å². The van der Waals surface area contributed by atoms with E-state index in [-0.39, 0.29) is 0 Å². The van der Waals surface area contributed by atoms with Gasteiger partial charge in [-0.2, -0.15) is 0 Å². The van der Waals surface area contributed by atoms with Gasteiger partial charge in [0.1, 0.15) is 0 Å². The lowest BCUT2D eigenvalue weighted by atomic mass is 10.0. The second-order valence-corrected chi connectivity index (χ2v) is 5.07. The summed E-state index contributed by atoms with van der Waals surface area (Å²) in [6.07, 6.45) is 2.42. The highest BCUT2D eigenvalue weighted by molar-refractivity contribution is 7.09. The van der Waals surface area contributed by atoms with Crippen LogP contribution < -0.4 is 0 Å². The van der Waals surface area contributed by atoms with E-state index in [1.54, 1.807) is 11.3 Å². The maximum absolute atomic E-state index is 5.47. The molecule has 1 aromatic heterocycles. The number of aromatic nitrogens is 1. The summed E-state index contributed by atoms with van der Waals surface area (Å²) in [5.74, 6) is 1.10. The molecule has 1 fully saturated rings. The molecule has 0 aliphatic carbocycles. The van der Waals surface area contributed by atoms with Gasteiger partial charge in [-0.25, -0.2) is 4.98 Å². The highest BCUT2D eigenvalue weighted by Gasteiger charge is 2.19. The first-order chi connectivity index (χ1) is 6.77. The Morgan fingerprint density at radius 3 is 3.00 bits per heavy atom. The third-order valence-corrected chi connectivity index (χ3v) is 3.67. The van der Waals surface area contributed by atoms with Crippen LogP contribution in [0.15, 0.2) is 5.38 Å². The van der Waals surface area contributed by atoms with E-state index in [0.29, 0.717) is 11.8 Å². The molecular weight excluding hydrogens is 194 g/mol. The summed E-state index contributed by atoms with van der Waals surface area (Å²) in [5, 5.41) is 3.46. The highest BCUT2D eigenvalue weighted by atomic mass is 32.1. The van der Waals surface area contributed by atoms with Gasteiger partial charge in [0, 0.05) is 17.9 Å². The molecule has 78 valence electrons. The summed E-state index contributed by atoms with van der Waals surface area (Å²) >= 11 is 1.79. The number of ether oxygens (including phenoxy) is 1. The van der Waals surface area contributed by atoms with Crippen LogP contribution in [0.25, 0.3) is 0 Å². The van der Waals surface area contributed by atoms with Gasteiger partial charge in [0.05, 0.1) is 17.3 Å². The minimum atomic E-state index is 0.546. The molecule has 3 heteroatoms. The predicted octanol–water partition coefficient (Wildman–Crippen LogP) is 3.16. The van der Waals surface area contributed by atoms with Crippen LogP contribution in [0.5, 0.6) is 0 Å². The summed E-state index contributed by atoms with van der Waals surface area (Å²) in [6, 6.07) is 0. The average molecular weight is 211 g/mol. The molecule has 1 aliphatic heterocycles. The molecule has 0 bridgehead atoms. The van der Waals surface area contributed by atoms with Gasteiger partial charge >= 0.3 is 0 Å². The zero-order chi connectivity index (χ0) is 9.97. The Hall–Kier alpha value is -0.410. The van der Waals surface area contributed by atoms with Crippen LogP contribution >= 0.6 is 11.3 Å². The summed E-state index contributed by atoms with van der Waals surface area (Å²) in [4.78, 5) is 4.67. The van der Waals surface area contributed by atoms with Gasteiger partial charge in [-0.1, -0.05) is 13.8 Å². The molecule has 0 spiro atoms. The van der Waals surface area contributed by atoms with Crippen LogP contribution in [0.1, 0.15) is 49.2 Å². The standard InChI is InChI=1S/C11H17NOS/c1-8(2)10-7-14-11(12-10)9-4-3-5-13-6-9/h7-9H,3-6H2,1-2H3. The van der Waals surface area contributed by atoms with Crippen molar-refractivity contribution in [3.8, 4) is 0 Å². The molecule has 14 heavy (non-hydrogen) atoms. The quantitative estimate of drug-likeness (QED) is 0.749. The van der Waals surface area contributed by atoms with Crippen molar-refractivity contribution in [1.82, 2.24) is 4.98 Å². The summed E-state index contributed by atoms with van der Waals surface area (Å²) in [6.45, 7) is 6.18. The van der Waals surface area contributed by atoms with Crippen LogP contribution in [-0.4, -0.2) is 18.2 Å². The maximum Gasteiger partial charge on any atom is 0.0982 e. The van der Waals surface area contributed by atoms with Crippen molar-refractivity contribution in [1.29, 1.82) is 0 Å². The molecule has 1 saturated heterocycles. The van der Waals surface area contributed by atoms with E-state index < -0.39 is 0 Å². The molecule has 0 radical (unpaired) electrons. The van der Waals surface area contributed by atoms with E-state index in [1.807, 2.05) is 0 Å². The third kappa shape index (κ3) is 2.15. The van der Waals surface area contributed by atoms with Crippen LogP contribution in [-0.2, 0) is 4.74 Å². The fourth-order valence-electron chi connectivity index (χ4n) is 1.69. The summed E-state index contributed by atoms with van der Waals surface area (Å²) in [7, 11) is 0. The minimum Gasteiger partial charge on any atom is -0.381 e. The molecule has 1 aliphatic rings. The number of rotatable bonds is 2. The molecule has 1 aromatic rings. The number of hydrogen-bond donors (Lipinski definition) is 0. The van der Waals surface area contributed by atoms with E-state index in [9.17, 15) is 0 Å². The molecule has 0 N–H and O–H groups in total. The van der Waals surface area contributed by atoms with Crippen LogP contribution in [0, 0.1) is 0 Å². The van der Waals surface area contributed by atoms with Crippen molar-refractivity contribution in [3.05, 3.63) is 16.1 Å². The fraction of sp³-hybridized carbons (Fsp3) is 0.727. The highest BCUT2D eigenvalue weighted by Crippen LogP contribution is 2.29. The van der Waals surface area contributed by atoms with Crippen molar-refractivity contribution in [2.75, 3.05) is 13.2 Å². The smallest absolute Gasteiger partial charge is 0.0982 e. The van der Waals surface area contributed by atoms with E-state index in [0.717, 1.165) is 13.2 Å². The minimum absolute atomic E-state index is 0.546. The lowest BCUT2D eigenvalue weighted by molar-refractivity contribution is 0.0803. The van der Waals surface area contributed by atoms with Crippen molar-refractivity contribution in [3.63, 3.8) is 0 Å². The number of nitrogens with zero attached hydrogens (tertiary/aromatic N) is 1. The monoisotopic (exact) mass is 211 g/mol. The molecule has 2 rings (SSSR count). The first-order valence-corrected chi connectivity index (χ1v) is 6.18. The SMILES string of the molecule is CC(C)c1csc(C2CCCOC2)n1. The molecule has 2 heterocycles. The van der Waals surface area contributed by atoms with E-state index in [2.05, 4.69) is 24.2 Å². The number of hydrogen-bond acceptors (Lipinski definition) is 3. The molecule has 1 unspecified atom stereocenters. The molecular formula is C11H17NOS. The van der Waals surface area contributed by atoms with E-state index >= 15 is 0 Å². The Morgan fingerprint density at radius 1 is 1.57 bits per heavy atom. The predicted molar refractivity (Wildman–Crippen MR) is 59.0 cm³/mol. The van der Waals surface area contributed by atoms with Gasteiger partial charge in [0.25, 0.3) is 0 Å². The van der Waals surface area contributed by atoms with Crippen molar-refractivity contribution < 1.29 is 4.74 Å². The molecule has 2 nitrogen and oxygen atoms in total. The number of thiazole rings is 1. The average Bonchev–Trinajstić information content (AvgIpc) is 2.68. The Balaban J connectivity index is 2.07. The van der Waals surface area contributed by atoms with E-state index in [1.165, 1.54) is 23.5 Å². The molecule has 0 saturated carbocycles. The first kappa shape index (κ1) is 10.1. The van der Waals surface area contributed by atoms with Gasteiger partial charge in [0.15, 0.2) is 0 Å². The summed E-state index contributed by atoms with van der Waals surface area (Å²) < 4.78 is 5.47. The van der Waals surface area contributed by atoms with Crippen LogP contribution in [0.4, 0.5) is 0 Å². The maximum atomic E-state index is 5.47. The summed E-state index contributed by atoms with van der Waals surface area (Å²) in [5.41, 5.74) is 1.23. The van der Waals surface area contributed by atoms with Crippen molar-refractivity contribution in [2.45, 2.75) is 38.5 Å². The largest absolute Gasteiger partial charge is 0.381 e. The van der Waals surface area contributed by atoms with Crippen molar-refractivity contribution in [2.24, 2.45) is 0 Å². The zero-order valence-corrected chi connectivity index (χ0v) is 9.64. The topological polar surface area (TPSA) is 22.1 Å².